The summed E-state index contributed by atoms with van der Waals surface area (Å²) in [6, 6.07) is 6.63. The van der Waals surface area contributed by atoms with Crippen LogP contribution in [0.4, 0.5) is 5.69 Å². The summed E-state index contributed by atoms with van der Waals surface area (Å²) in [4.78, 5) is 26.1. The predicted molar refractivity (Wildman–Crippen MR) is 88.8 cm³/mol. The predicted octanol–water partition coefficient (Wildman–Crippen LogP) is 3.39. The van der Waals surface area contributed by atoms with Crippen molar-refractivity contribution in [1.29, 1.82) is 0 Å². The second kappa shape index (κ2) is 5.98. The molecule has 120 valence electrons. The lowest BCUT2D eigenvalue weighted by Gasteiger charge is -2.16. The molecule has 1 saturated heterocycles. The summed E-state index contributed by atoms with van der Waals surface area (Å²) in [6.45, 7) is 4.20. The van der Waals surface area contributed by atoms with E-state index in [1.165, 1.54) is 0 Å². The summed E-state index contributed by atoms with van der Waals surface area (Å²) >= 11 is 11.9. The maximum Gasteiger partial charge on any atom is 0.239 e. The number of nitrogens with zero attached hydrogens (tertiary/aromatic N) is 3. The van der Waals surface area contributed by atoms with Crippen LogP contribution in [-0.2, 0) is 16.1 Å². The topological polar surface area (TPSA) is 55.2 Å². The van der Waals surface area contributed by atoms with E-state index < -0.39 is 5.92 Å². The first-order valence-corrected chi connectivity index (χ1v) is 7.94. The Hall–Kier alpha value is -1.85. The van der Waals surface area contributed by atoms with Gasteiger partial charge in [-0.15, -0.1) is 0 Å². The molecule has 0 aliphatic carbocycles. The molecular formula is C16H15Cl2N3O2. The fraction of sp³-hybridized carbons (Fsp3) is 0.312. The highest BCUT2D eigenvalue weighted by Gasteiger charge is 2.40. The molecule has 2 heterocycles. The molecule has 1 aliphatic rings. The second-order valence-electron chi connectivity index (χ2n) is 5.71. The SMILES string of the molecule is Cc1cc(C)n(C[C@@H]2CC(=O)N(c3cc(Cl)cc(Cl)c3)C2=O)n1. The highest BCUT2D eigenvalue weighted by Crippen LogP contribution is 2.31. The number of halogens is 2. The minimum Gasteiger partial charge on any atom is -0.274 e. The zero-order chi connectivity index (χ0) is 16.7. The smallest absolute Gasteiger partial charge is 0.239 e. The third-order valence-electron chi connectivity index (χ3n) is 3.84. The number of aromatic nitrogens is 2. The average Bonchev–Trinajstić information content (AvgIpc) is 2.88. The molecular weight excluding hydrogens is 337 g/mol. The van der Waals surface area contributed by atoms with Gasteiger partial charge in [0.15, 0.2) is 0 Å². The van der Waals surface area contributed by atoms with E-state index in [0.29, 0.717) is 22.3 Å². The van der Waals surface area contributed by atoms with Gasteiger partial charge >= 0.3 is 0 Å². The lowest BCUT2D eigenvalue weighted by atomic mass is 10.1. The van der Waals surface area contributed by atoms with Gasteiger partial charge in [-0.1, -0.05) is 23.2 Å². The van der Waals surface area contributed by atoms with Gasteiger partial charge in [-0.2, -0.15) is 5.10 Å². The molecule has 1 aliphatic heterocycles. The molecule has 0 saturated carbocycles. The maximum atomic E-state index is 12.6. The number of imide groups is 1. The number of carbonyl (C=O) groups is 2. The Morgan fingerprint density at radius 3 is 2.35 bits per heavy atom. The van der Waals surface area contributed by atoms with Crippen molar-refractivity contribution in [3.8, 4) is 0 Å². The van der Waals surface area contributed by atoms with E-state index in [2.05, 4.69) is 5.10 Å². The van der Waals surface area contributed by atoms with E-state index in [-0.39, 0.29) is 18.2 Å². The van der Waals surface area contributed by atoms with Crippen LogP contribution in [0.2, 0.25) is 10.0 Å². The third kappa shape index (κ3) is 3.12. The number of aryl methyl sites for hydroxylation is 2. The van der Waals surface area contributed by atoms with Gasteiger partial charge in [0.25, 0.3) is 0 Å². The Morgan fingerprint density at radius 2 is 1.78 bits per heavy atom. The number of hydrogen-bond donors (Lipinski definition) is 0. The van der Waals surface area contributed by atoms with Crippen LogP contribution in [0.5, 0.6) is 0 Å². The summed E-state index contributed by atoms with van der Waals surface area (Å²) in [6.07, 6.45) is 0.154. The Morgan fingerprint density at radius 1 is 1.13 bits per heavy atom. The van der Waals surface area contributed by atoms with Crippen molar-refractivity contribution in [2.24, 2.45) is 5.92 Å². The Labute approximate surface area is 143 Å². The van der Waals surface area contributed by atoms with Crippen molar-refractivity contribution in [2.75, 3.05) is 4.90 Å². The average molecular weight is 352 g/mol. The third-order valence-corrected chi connectivity index (χ3v) is 4.28. The number of carbonyl (C=O) groups excluding carboxylic acids is 2. The van der Waals surface area contributed by atoms with E-state index >= 15 is 0 Å². The van der Waals surface area contributed by atoms with E-state index in [1.54, 1.807) is 22.9 Å². The second-order valence-corrected chi connectivity index (χ2v) is 6.58. The van der Waals surface area contributed by atoms with E-state index in [4.69, 9.17) is 23.2 Å². The van der Waals surface area contributed by atoms with Crippen LogP contribution in [0.1, 0.15) is 17.8 Å². The lowest BCUT2D eigenvalue weighted by molar-refractivity contribution is -0.122. The number of benzene rings is 1. The molecule has 0 unspecified atom stereocenters. The molecule has 7 heteroatoms. The van der Waals surface area contributed by atoms with Crippen LogP contribution in [0.25, 0.3) is 0 Å². The van der Waals surface area contributed by atoms with Gasteiger partial charge < -0.3 is 0 Å². The number of rotatable bonds is 3. The van der Waals surface area contributed by atoms with Crippen LogP contribution in [-0.4, -0.2) is 21.6 Å². The quantitative estimate of drug-likeness (QED) is 0.796. The van der Waals surface area contributed by atoms with Crippen molar-refractivity contribution in [3.63, 3.8) is 0 Å². The van der Waals surface area contributed by atoms with E-state index in [0.717, 1.165) is 16.3 Å². The highest BCUT2D eigenvalue weighted by atomic mass is 35.5. The van der Waals surface area contributed by atoms with Crippen LogP contribution >= 0.6 is 23.2 Å². The lowest BCUT2D eigenvalue weighted by Crippen LogP contribution is -2.31. The standard InChI is InChI=1S/C16H15Cl2N3O2/c1-9-3-10(2)20(19-9)8-11-4-15(22)21(16(11)23)14-6-12(17)5-13(18)7-14/h3,5-7,11H,4,8H2,1-2H3/t11-/m0/s1. The van der Waals surface area contributed by atoms with Crippen LogP contribution in [0.15, 0.2) is 24.3 Å². The zero-order valence-corrected chi connectivity index (χ0v) is 14.2. The fourth-order valence-electron chi connectivity index (χ4n) is 2.85. The molecule has 0 bridgehead atoms. The molecule has 2 aromatic rings. The summed E-state index contributed by atoms with van der Waals surface area (Å²) in [7, 11) is 0. The van der Waals surface area contributed by atoms with Gasteiger partial charge in [0.05, 0.1) is 23.8 Å². The molecule has 1 atom stereocenters. The first kappa shape index (κ1) is 16.0. The summed E-state index contributed by atoms with van der Waals surface area (Å²) in [5.41, 5.74) is 2.26. The van der Waals surface area contributed by atoms with Gasteiger partial charge in [-0.25, -0.2) is 0 Å². The van der Waals surface area contributed by atoms with E-state index in [1.807, 2.05) is 19.9 Å². The summed E-state index contributed by atoms with van der Waals surface area (Å²) < 4.78 is 1.76. The first-order chi connectivity index (χ1) is 10.8. The van der Waals surface area contributed by atoms with Gasteiger partial charge in [0, 0.05) is 22.2 Å². The van der Waals surface area contributed by atoms with Crippen molar-refractivity contribution < 1.29 is 9.59 Å². The van der Waals surface area contributed by atoms with Gasteiger partial charge in [-0.3, -0.25) is 19.2 Å². The fourth-order valence-corrected chi connectivity index (χ4v) is 3.36. The van der Waals surface area contributed by atoms with Crippen molar-refractivity contribution in [2.45, 2.75) is 26.8 Å². The minimum absolute atomic E-state index is 0.154. The normalized spacial score (nSPS) is 18.1. The monoisotopic (exact) mass is 351 g/mol. The minimum atomic E-state index is -0.432. The van der Waals surface area contributed by atoms with Gasteiger partial charge in [0.1, 0.15) is 0 Å². The van der Waals surface area contributed by atoms with Gasteiger partial charge in [0.2, 0.25) is 11.8 Å². The Kier molecular flexibility index (Phi) is 4.17. The zero-order valence-electron chi connectivity index (χ0n) is 12.7. The molecule has 0 N–H and O–H groups in total. The number of anilines is 1. The van der Waals surface area contributed by atoms with E-state index in [9.17, 15) is 9.59 Å². The molecule has 1 fully saturated rings. The molecule has 5 nitrogen and oxygen atoms in total. The Balaban J connectivity index is 1.86. The van der Waals surface area contributed by atoms with Crippen molar-refractivity contribution in [3.05, 3.63) is 45.7 Å². The molecule has 1 aromatic heterocycles. The number of hydrogen-bond acceptors (Lipinski definition) is 3. The number of amides is 2. The van der Waals surface area contributed by atoms with Crippen LogP contribution in [0.3, 0.4) is 0 Å². The molecule has 0 radical (unpaired) electrons. The van der Waals surface area contributed by atoms with Crippen molar-refractivity contribution >= 4 is 40.7 Å². The molecule has 2 amide bonds. The van der Waals surface area contributed by atoms with Crippen LogP contribution in [0, 0.1) is 19.8 Å². The van der Waals surface area contributed by atoms with Crippen molar-refractivity contribution in [1.82, 2.24) is 9.78 Å². The summed E-state index contributed by atoms with van der Waals surface area (Å²) in [5, 5.41) is 5.12. The Bertz CT molecular complexity index is 780. The van der Waals surface area contributed by atoms with Gasteiger partial charge in [-0.05, 0) is 38.1 Å². The van der Waals surface area contributed by atoms with Crippen LogP contribution < -0.4 is 4.90 Å². The summed E-state index contributed by atoms with van der Waals surface area (Å²) in [5.74, 6) is -0.931. The molecule has 0 spiro atoms. The maximum absolute atomic E-state index is 12.6. The molecule has 3 rings (SSSR count). The largest absolute Gasteiger partial charge is 0.274 e. The first-order valence-electron chi connectivity index (χ1n) is 7.19. The molecule has 23 heavy (non-hydrogen) atoms. The highest BCUT2D eigenvalue weighted by molar-refractivity contribution is 6.35. The molecule has 1 aromatic carbocycles.